The van der Waals surface area contributed by atoms with Crippen LogP contribution in [0.5, 0.6) is 0 Å². The molecule has 2 aromatic rings. The standard InChI is InChI=1S/C14H14N2O/c17-13-6-5-12-14-10(7-8-16(12)13)9-3-1-2-4-11(9)15-14/h1-4,12,15H,5-8H2. The summed E-state index contributed by atoms with van der Waals surface area (Å²) in [5.74, 6) is 0.319. The molecule has 1 fully saturated rings. The molecule has 0 radical (unpaired) electrons. The van der Waals surface area contributed by atoms with E-state index < -0.39 is 0 Å². The van der Waals surface area contributed by atoms with Gasteiger partial charge in [-0.1, -0.05) is 18.2 Å². The Bertz CT molecular complexity index is 614. The molecule has 0 spiro atoms. The van der Waals surface area contributed by atoms with E-state index in [9.17, 15) is 4.79 Å². The number of amides is 1. The number of rotatable bonds is 0. The van der Waals surface area contributed by atoms with Gasteiger partial charge in [-0.05, 0) is 24.5 Å². The van der Waals surface area contributed by atoms with Crippen LogP contribution in [0.4, 0.5) is 0 Å². The Hall–Kier alpha value is -1.77. The van der Waals surface area contributed by atoms with Gasteiger partial charge in [0.15, 0.2) is 0 Å². The molecule has 1 aromatic heterocycles. The SMILES string of the molecule is O=C1CCC2c3[nH]c4ccccc4c3CCN12. The second-order valence-corrected chi connectivity index (χ2v) is 4.95. The molecule has 1 saturated heterocycles. The van der Waals surface area contributed by atoms with E-state index in [1.54, 1.807) is 0 Å². The van der Waals surface area contributed by atoms with Crippen molar-refractivity contribution in [2.24, 2.45) is 0 Å². The van der Waals surface area contributed by atoms with E-state index in [1.165, 1.54) is 22.2 Å². The van der Waals surface area contributed by atoms with Crippen LogP contribution in [-0.2, 0) is 11.2 Å². The number of carbonyl (C=O) groups excluding carboxylic acids is 1. The summed E-state index contributed by atoms with van der Waals surface area (Å²) in [5, 5.41) is 1.33. The van der Waals surface area contributed by atoms with Crippen molar-refractivity contribution in [1.82, 2.24) is 9.88 Å². The molecule has 3 nitrogen and oxygen atoms in total. The monoisotopic (exact) mass is 226 g/mol. The molecule has 1 N–H and O–H groups in total. The highest BCUT2D eigenvalue weighted by molar-refractivity contribution is 5.87. The molecule has 2 aliphatic rings. The van der Waals surface area contributed by atoms with Crippen LogP contribution in [0.3, 0.4) is 0 Å². The summed E-state index contributed by atoms with van der Waals surface area (Å²) in [6.45, 7) is 0.887. The van der Waals surface area contributed by atoms with Crippen LogP contribution >= 0.6 is 0 Å². The summed E-state index contributed by atoms with van der Waals surface area (Å²) in [5.41, 5.74) is 3.92. The van der Waals surface area contributed by atoms with Crippen LogP contribution in [0.15, 0.2) is 24.3 Å². The Morgan fingerprint density at radius 1 is 1.24 bits per heavy atom. The summed E-state index contributed by atoms with van der Waals surface area (Å²) in [6, 6.07) is 8.75. The molecule has 0 bridgehead atoms. The van der Waals surface area contributed by atoms with E-state index in [-0.39, 0.29) is 0 Å². The zero-order valence-electron chi connectivity index (χ0n) is 9.57. The quantitative estimate of drug-likeness (QED) is 0.735. The Balaban J connectivity index is 1.94. The summed E-state index contributed by atoms with van der Waals surface area (Å²) in [4.78, 5) is 17.3. The zero-order chi connectivity index (χ0) is 11.4. The van der Waals surface area contributed by atoms with Gasteiger partial charge in [0.1, 0.15) is 0 Å². The van der Waals surface area contributed by atoms with Crippen molar-refractivity contribution in [2.75, 3.05) is 6.54 Å². The van der Waals surface area contributed by atoms with Crippen molar-refractivity contribution >= 4 is 16.8 Å². The first kappa shape index (κ1) is 9.28. The second-order valence-electron chi connectivity index (χ2n) is 4.95. The molecule has 17 heavy (non-hydrogen) atoms. The summed E-state index contributed by atoms with van der Waals surface area (Å²) < 4.78 is 0. The molecule has 0 aliphatic carbocycles. The average molecular weight is 226 g/mol. The molecule has 4 rings (SSSR count). The molecule has 1 atom stereocenters. The van der Waals surface area contributed by atoms with Gasteiger partial charge in [-0.25, -0.2) is 0 Å². The number of aromatic amines is 1. The van der Waals surface area contributed by atoms with Crippen molar-refractivity contribution in [2.45, 2.75) is 25.3 Å². The van der Waals surface area contributed by atoms with Crippen LogP contribution in [0.25, 0.3) is 10.9 Å². The van der Waals surface area contributed by atoms with E-state index in [0.717, 1.165) is 19.4 Å². The van der Waals surface area contributed by atoms with Crippen LogP contribution < -0.4 is 0 Å². The highest BCUT2D eigenvalue weighted by Gasteiger charge is 2.37. The maximum absolute atomic E-state index is 11.7. The number of H-pyrrole nitrogens is 1. The van der Waals surface area contributed by atoms with Gasteiger partial charge in [-0.15, -0.1) is 0 Å². The predicted molar refractivity (Wildman–Crippen MR) is 65.7 cm³/mol. The van der Waals surface area contributed by atoms with Gasteiger partial charge in [0.05, 0.1) is 6.04 Å². The molecule has 1 amide bonds. The lowest BCUT2D eigenvalue weighted by atomic mass is 9.98. The number of nitrogens with one attached hydrogen (secondary N) is 1. The lowest BCUT2D eigenvalue weighted by Gasteiger charge is -2.29. The highest BCUT2D eigenvalue weighted by atomic mass is 16.2. The lowest BCUT2D eigenvalue weighted by molar-refractivity contribution is -0.129. The fourth-order valence-corrected chi connectivity index (χ4v) is 3.32. The molecule has 0 saturated carbocycles. The molecule has 1 aromatic carbocycles. The van der Waals surface area contributed by atoms with Crippen molar-refractivity contribution < 1.29 is 4.79 Å². The minimum atomic E-state index is 0.304. The van der Waals surface area contributed by atoms with E-state index in [4.69, 9.17) is 0 Å². The molecule has 86 valence electrons. The van der Waals surface area contributed by atoms with Crippen LogP contribution in [-0.4, -0.2) is 22.3 Å². The number of aromatic nitrogens is 1. The normalized spacial score (nSPS) is 22.9. The third-order valence-electron chi connectivity index (χ3n) is 4.11. The van der Waals surface area contributed by atoms with Gasteiger partial charge >= 0.3 is 0 Å². The number of benzene rings is 1. The van der Waals surface area contributed by atoms with Crippen LogP contribution in [0.1, 0.15) is 30.1 Å². The number of carbonyl (C=O) groups is 1. The first-order chi connectivity index (χ1) is 8.34. The first-order valence-corrected chi connectivity index (χ1v) is 6.23. The van der Waals surface area contributed by atoms with Crippen molar-refractivity contribution in [3.8, 4) is 0 Å². The van der Waals surface area contributed by atoms with Gasteiger partial charge in [0.2, 0.25) is 5.91 Å². The van der Waals surface area contributed by atoms with Gasteiger partial charge in [-0.2, -0.15) is 0 Å². The smallest absolute Gasteiger partial charge is 0.223 e. The molecule has 1 unspecified atom stereocenters. The van der Waals surface area contributed by atoms with Gasteiger partial charge in [0, 0.05) is 29.6 Å². The first-order valence-electron chi connectivity index (χ1n) is 6.23. The largest absolute Gasteiger partial charge is 0.356 e. The Morgan fingerprint density at radius 2 is 2.12 bits per heavy atom. The number of hydrogen-bond donors (Lipinski definition) is 1. The molecule has 3 heterocycles. The number of para-hydroxylation sites is 1. The minimum Gasteiger partial charge on any atom is -0.356 e. The molecule has 3 heteroatoms. The van der Waals surface area contributed by atoms with Crippen molar-refractivity contribution in [3.63, 3.8) is 0 Å². The van der Waals surface area contributed by atoms with E-state index >= 15 is 0 Å². The van der Waals surface area contributed by atoms with E-state index in [1.807, 2.05) is 4.90 Å². The topological polar surface area (TPSA) is 36.1 Å². The van der Waals surface area contributed by atoms with Gasteiger partial charge in [0.25, 0.3) is 0 Å². The fraction of sp³-hybridized carbons (Fsp3) is 0.357. The zero-order valence-corrected chi connectivity index (χ0v) is 9.57. The lowest BCUT2D eigenvalue weighted by Crippen LogP contribution is -2.33. The van der Waals surface area contributed by atoms with E-state index in [0.29, 0.717) is 18.4 Å². The van der Waals surface area contributed by atoms with Crippen LogP contribution in [0, 0.1) is 0 Å². The maximum Gasteiger partial charge on any atom is 0.223 e. The van der Waals surface area contributed by atoms with Gasteiger partial charge in [-0.3, -0.25) is 4.79 Å². The maximum atomic E-state index is 11.7. The molecular formula is C14H14N2O. The molecular weight excluding hydrogens is 212 g/mol. The van der Waals surface area contributed by atoms with Crippen molar-refractivity contribution in [1.29, 1.82) is 0 Å². The Kier molecular flexibility index (Phi) is 1.71. The van der Waals surface area contributed by atoms with E-state index in [2.05, 4.69) is 29.2 Å². The number of hydrogen-bond acceptors (Lipinski definition) is 1. The predicted octanol–water partition coefficient (Wildman–Crippen LogP) is 2.39. The number of fused-ring (bicyclic) bond motifs is 5. The summed E-state index contributed by atoms with van der Waals surface area (Å²) in [6.07, 6.45) is 2.67. The average Bonchev–Trinajstić information content (AvgIpc) is 2.90. The fourth-order valence-electron chi connectivity index (χ4n) is 3.32. The van der Waals surface area contributed by atoms with Crippen LogP contribution in [0.2, 0.25) is 0 Å². The summed E-state index contributed by atoms with van der Waals surface area (Å²) >= 11 is 0. The van der Waals surface area contributed by atoms with Gasteiger partial charge < -0.3 is 9.88 Å². The second kappa shape index (κ2) is 3.13. The highest BCUT2D eigenvalue weighted by Crippen LogP contribution is 2.40. The third kappa shape index (κ3) is 1.14. The third-order valence-corrected chi connectivity index (χ3v) is 4.11. The van der Waals surface area contributed by atoms with Crippen molar-refractivity contribution in [3.05, 3.63) is 35.5 Å². The minimum absolute atomic E-state index is 0.304. The number of nitrogens with zero attached hydrogens (tertiary/aromatic N) is 1. The Labute approximate surface area is 99.4 Å². The Morgan fingerprint density at radius 3 is 3.06 bits per heavy atom. The molecule has 2 aliphatic heterocycles. The summed E-state index contributed by atoms with van der Waals surface area (Å²) in [7, 11) is 0.